The summed E-state index contributed by atoms with van der Waals surface area (Å²) in [5.74, 6) is 0.378. The summed E-state index contributed by atoms with van der Waals surface area (Å²) in [7, 11) is 0. The first-order valence-electron chi connectivity index (χ1n) is 7.92. The van der Waals surface area contributed by atoms with E-state index in [4.69, 9.17) is 0 Å². The standard InChI is InChI=1S/C17H22N2O3/c20-15(13-6-7-13)12-18-8-10-19(11-9-18)17(22)16(21)14-4-2-1-3-5-14/h1-5,13,16,21H,6-12H2. The summed E-state index contributed by atoms with van der Waals surface area (Å²) < 4.78 is 0. The van der Waals surface area contributed by atoms with Gasteiger partial charge in [0.05, 0.1) is 6.54 Å². The van der Waals surface area contributed by atoms with Crippen LogP contribution in [0.25, 0.3) is 0 Å². The van der Waals surface area contributed by atoms with Crippen molar-refractivity contribution >= 4 is 11.7 Å². The van der Waals surface area contributed by atoms with Crippen LogP contribution in [0.2, 0.25) is 0 Å². The number of rotatable bonds is 5. The Bertz CT molecular complexity index is 534. The molecule has 1 atom stereocenters. The van der Waals surface area contributed by atoms with Gasteiger partial charge >= 0.3 is 0 Å². The molecule has 1 unspecified atom stereocenters. The van der Waals surface area contributed by atoms with Gasteiger partial charge in [0.15, 0.2) is 6.10 Å². The van der Waals surface area contributed by atoms with E-state index in [1.807, 2.05) is 18.2 Å². The summed E-state index contributed by atoms with van der Waals surface area (Å²) >= 11 is 0. The fourth-order valence-corrected chi connectivity index (χ4v) is 2.83. The smallest absolute Gasteiger partial charge is 0.256 e. The summed E-state index contributed by atoms with van der Waals surface area (Å²) in [5, 5.41) is 10.2. The van der Waals surface area contributed by atoms with Crippen molar-refractivity contribution in [3.63, 3.8) is 0 Å². The molecule has 1 aromatic carbocycles. The Morgan fingerprint density at radius 3 is 2.32 bits per heavy atom. The summed E-state index contributed by atoms with van der Waals surface area (Å²) in [6.07, 6.45) is 0.988. The summed E-state index contributed by atoms with van der Waals surface area (Å²) in [4.78, 5) is 28.0. The predicted molar refractivity (Wildman–Crippen MR) is 82.2 cm³/mol. The molecule has 118 valence electrons. The second kappa shape index (κ2) is 6.58. The third-order valence-electron chi connectivity index (χ3n) is 4.45. The molecule has 0 radical (unpaired) electrons. The minimum Gasteiger partial charge on any atom is -0.378 e. The number of nitrogens with zero attached hydrogens (tertiary/aromatic N) is 2. The van der Waals surface area contributed by atoms with Crippen LogP contribution in [0.4, 0.5) is 0 Å². The zero-order valence-electron chi connectivity index (χ0n) is 12.6. The Morgan fingerprint density at radius 1 is 1.09 bits per heavy atom. The van der Waals surface area contributed by atoms with Crippen molar-refractivity contribution in [2.24, 2.45) is 5.92 Å². The molecule has 1 saturated heterocycles. The molecule has 1 amide bonds. The molecule has 2 fully saturated rings. The maximum absolute atomic E-state index is 12.3. The van der Waals surface area contributed by atoms with Crippen molar-refractivity contribution < 1.29 is 14.7 Å². The van der Waals surface area contributed by atoms with Crippen LogP contribution in [0, 0.1) is 5.92 Å². The predicted octanol–water partition coefficient (Wildman–Crippen LogP) is 0.843. The molecule has 1 aromatic rings. The van der Waals surface area contributed by atoms with Gasteiger partial charge in [0.1, 0.15) is 5.78 Å². The molecule has 0 spiro atoms. The average Bonchev–Trinajstić information content (AvgIpc) is 3.40. The Labute approximate surface area is 130 Å². The molecule has 1 aliphatic carbocycles. The number of ketones is 1. The molecule has 5 nitrogen and oxygen atoms in total. The highest BCUT2D eigenvalue weighted by atomic mass is 16.3. The van der Waals surface area contributed by atoms with Crippen LogP contribution in [0.5, 0.6) is 0 Å². The van der Waals surface area contributed by atoms with Gasteiger partial charge in [0.2, 0.25) is 0 Å². The van der Waals surface area contributed by atoms with Crippen molar-refractivity contribution in [2.45, 2.75) is 18.9 Å². The summed E-state index contributed by atoms with van der Waals surface area (Å²) in [5.41, 5.74) is 0.624. The lowest BCUT2D eigenvalue weighted by molar-refractivity contribution is -0.142. The summed E-state index contributed by atoms with van der Waals surface area (Å²) in [6.45, 7) is 3.05. The van der Waals surface area contributed by atoms with Crippen LogP contribution >= 0.6 is 0 Å². The average molecular weight is 302 g/mol. The highest BCUT2D eigenvalue weighted by Gasteiger charge is 2.32. The highest BCUT2D eigenvalue weighted by Crippen LogP contribution is 2.30. The Morgan fingerprint density at radius 2 is 1.73 bits per heavy atom. The maximum Gasteiger partial charge on any atom is 0.256 e. The fraction of sp³-hybridized carbons (Fsp3) is 0.529. The molecule has 22 heavy (non-hydrogen) atoms. The second-order valence-corrected chi connectivity index (χ2v) is 6.16. The molecule has 1 aliphatic heterocycles. The van der Waals surface area contributed by atoms with Gasteiger partial charge < -0.3 is 10.0 Å². The van der Waals surface area contributed by atoms with Gasteiger partial charge in [0, 0.05) is 32.1 Å². The van der Waals surface area contributed by atoms with E-state index in [1.165, 1.54) is 0 Å². The van der Waals surface area contributed by atoms with E-state index in [2.05, 4.69) is 4.90 Å². The Kier molecular flexibility index (Phi) is 4.55. The first kappa shape index (κ1) is 15.2. The van der Waals surface area contributed by atoms with Gasteiger partial charge in [-0.1, -0.05) is 30.3 Å². The lowest BCUT2D eigenvalue weighted by Gasteiger charge is -2.35. The molecule has 3 rings (SSSR count). The van der Waals surface area contributed by atoms with Crippen molar-refractivity contribution in [2.75, 3.05) is 32.7 Å². The normalized spacial score (nSPS) is 20.7. The van der Waals surface area contributed by atoms with Gasteiger partial charge in [0.25, 0.3) is 5.91 Å². The van der Waals surface area contributed by atoms with Gasteiger partial charge in [-0.05, 0) is 18.4 Å². The molecule has 1 heterocycles. The topological polar surface area (TPSA) is 60.9 Å². The molecule has 1 saturated carbocycles. The highest BCUT2D eigenvalue weighted by molar-refractivity contribution is 5.85. The molecule has 2 aliphatic rings. The van der Waals surface area contributed by atoms with Gasteiger partial charge in [-0.3, -0.25) is 14.5 Å². The third-order valence-corrected chi connectivity index (χ3v) is 4.45. The number of piperazine rings is 1. The lowest BCUT2D eigenvalue weighted by atomic mass is 10.1. The van der Waals surface area contributed by atoms with E-state index in [1.54, 1.807) is 17.0 Å². The lowest BCUT2D eigenvalue weighted by Crippen LogP contribution is -2.51. The number of carbonyl (C=O) groups excluding carboxylic acids is 2. The molecule has 5 heteroatoms. The van der Waals surface area contributed by atoms with Crippen molar-refractivity contribution in [1.82, 2.24) is 9.80 Å². The van der Waals surface area contributed by atoms with E-state index in [0.717, 1.165) is 12.8 Å². The number of amides is 1. The third kappa shape index (κ3) is 3.54. The van der Waals surface area contributed by atoms with Gasteiger partial charge in [-0.2, -0.15) is 0 Å². The van der Waals surface area contributed by atoms with Crippen LogP contribution in [-0.2, 0) is 9.59 Å². The maximum atomic E-state index is 12.3. The van der Waals surface area contributed by atoms with E-state index < -0.39 is 6.10 Å². The number of carbonyl (C=O) groups is 2. The number of aliphatic hydroxyl groups is 1. The van der Waals surface area contributed by atoms with E-state index >= 15 is 0 Å². The van der Waals surface area contributed by atoms with E-state index in [0.29, 0.717) is 50.0 Å². The number of benzene rings is 1. The monoisotopic (exact) mass is 302 g/mol. The molecular weight excluding hydrogens is 280 g/mol. The molecule has 0 aromatic heterocycles. The quantitative estimate of drug-likeness (QED) is 0.876. The SMILES string of the molecule is O=C(CN1CCN(C(=O)C(O)c2ccccc2)CC1)C1CC1. The van der Waals surface area contributed by atoms with Crippen LogP contribution in [0.1, 0.15) is 24.5 Å². The first-order chi connectivity index (χ1) is 10.6. The molecule has 0 bridgehead atoms. The van der Waals surface area contributed by atoms with E-state index in [9.17, 15) is 14.7 Å². The number of Topliss-reactive ketones (excluding diaryl/α,β-unsaturated/α-hetero) is 1. The zero-order valence-corrected chi connectivity index (χ0v) is 12.6. The fourth-order valence-electron chi connectivity index (χ4n) is 2.83. The number of hydrogen-bond donors (Lipinski definition) is 1. The number of hydrogen-bond acceptors (Lipinski definition) is 4. The van der Waals surface area contributed by atoms with Crippen molar-refractivity contribution in [3.8, 4) is 0 Å². The van der Waals surface area contributed by atoms with E-state index in [-0.39, 0.29) is 5.91 Å². The molecular formula is C17H22N2O3. The van der Waals surface area contributed by atoms with Crippen molar-refractivity contribution in [1.29, 1.82) is 0 Å². The van der Waals surface area contributed by atoms with Crippen LogP contribution in [0.3, 0.4) is 0 Å². The zero-order chi connectivity index (χ0) is 15.5. The van der Waals surface area contributed by atoms with Crippen LogP contribution in [0.15, 0.2) is 30.3 Å². The minimum atomic E-state index is -1.10. The Hall–Kier alpha value is -1.72. The minimum absolute atomic E-state index is 0.251. The molecule has 1 N–H and O–H groups in total. The second-order valence-electron chi connectivity index (χ2n) is 6.16. The van der Waals surface area contributed by atoms with Crippen LogP contribution < -0.4 is 0 Å². The van der Waals surface area contributed by atoms with Crippen LogP contribution in [-0.4, -0.2) is 59.3 Å². The first-order valence-corrected chi connectivity index (χ1v) is 7.92. The largest absolute Gasteiger partial charge is 0.378 e. The van der Waals surface area contributed by atoms with Crippen molar-refractivity contribution in [3.05, 3.63) is 35.9 Å². The Balaban J connectivity index is 1.50. The van der Waals surface area contributed by atoms with Gasteiger partial charge in [-0.15, -0.1) is 0 Å². The number of aliphatic hydroxyl groups excluding tert-OH is 1. The van der Waals surface area contributed by atoms with Gasteiger partial charge in [-0.25, -0.2) is 0 Å². The summed E-state index contributed by atoms with van der Waals surface area (Å²) in [6, 6.07) is 9.00.